The Bertz CT molecular complexity index is 801. The Balaban J connectivity index is 1.70. The molecule has 1 aliphatic heterocycles. The zero-order valence-corrected chi connectivity index (χ0v) is 13.8. The summed E-state index contributed by atoms with van der Waals surface area (Å²) in [6.07, 6.45) is 2.60. The summed E-state index contributed by atoms with van der Waals surface area (Å²) in [4.78, 5) is 16.6. The number of fused-ring (bicyclic) bond motifs is 1. The van der Waals surface area contributed by atoms with E-state index in [1.54, 1.807) is 5.51 Å². The Labute approximate surface area is 133 Å². The number of hydrogen-bond donors (Lipinski definition) is 1. The molecule has 0 spiro atoms. The Hall–Kier alpha value is -1.51. The number of thiazole rings is 1. The highest BCUT2D eigenvalue weighted by atomic mass is 32.2. The molecule has 8 heteroatoms. The van der Waals surface area contributed by atoms with Crippen molar-refractivity contribution in [2.45, 2.75) is 12.8 Å². The Morgan fingerprint density at radius 1 is 1.45 bits per heavy atom. The van der Waals surface area contributed by atoms with Crippen molar-refractivity contribution in [1.29, 1.82) is 0 Å². The monoisotopic (exact) mass is 339 g/mol. The fourth-order valence-corrected chi connectivity index (χ4v) is 4.26. The van der Waals surface area contributed by atoms with Gasteiger partial charge in [0.15, 0.2) is 0 Å². The minimum absolute atomic E-state index is 0.128. The van der Waals surface area contributed by atoms with E-state index in [2.05, 4.69) is 10.3 Å². The van der Waals surface area contributed by atoms with Crippen LogP contribution in [0.1, 0.15) is 12.8 Å². The predicted octanol–water partition coefficient (Wildman–Crippen LogP) is 1.91. The molecule has 1 aromatic heterocycles. The van der Waals surface area contributed by atoms with E-state index in [0.29, 0.717) is 19.4 Å². The van der Waals surface area contributed by atoms with Crippen molar-refractivity contribution in [2.24, 2.45) is 5.92 Å². The number of aromatic nitrogens is 1. The lowest BCUT2D eigenvalue weighted by atomic mass is 9.99. The fraction of sp³-hybridized carbons (Fsp3) is 0.429. The number of amides is 1. The van der Waals surface area contributed by atoms with Crippen molar-refractivity contribution in [3.8, 4) is 0 Å². The van der Waals surface area contributed by atoms with Gasteiger partial charge in [0.2, 0.25) is 15.9 Å². The van der Waals surface area contributed by atoms with Gasteiger partial charge >= 0.3 is 0 Å². The SMILES string of the molecule is CS(=O)(=O)N1CCC[C@H](C(=O)Nc2ccc3ncsc3c2)C1. The molecule has 118 valence electrons. The first-order valence-electron chi connectivity index (χ1n) is 7.03. The molecule has 1 N–H and O–H groups in total. The van der Waals surface area contributed by atoms with Crippen molar-refractivity contribution in [3.05, 3.63) is 23.7 Å². The second-order valence-corrected chi connectivity index (χ2v) is 8.35. The molecule has 0 radical (unpaired) electrons. The lowest BCUT2D eigenvalue weighted by Crippen LogP contribution is -2.43. The van der Waals surface area contributed by atoms with Crippen molar-refractivity contribution in [1.82, 2.24) is 9.29 Å². The lowest BCUT2D eigenvalue weighted by molar-refractivity contribution is -0.120. The van der Waals surface area contributed by atoms with E-state index in [4.69, 9.17) is 0 Å². The Kier molecular flexibility index (Phi) is 4.16. The first-order chi connectivity index (χ1) is 10.4. The number of carbonyl (C=O) groups excluding carboxylic acids is 1. The van der Waals surface area contributed by atoms with Crippen molar-refractivity contribution >= 4 is 43.2 Å². The molecule has 6 nitrogen and oxygen atoms in total. The predicted molar refractivity (Wildman–Crippen MR) is 87.4 cm³/mol. The molecule has 0 aliphatic carbocycles. The molecule has 0 bridgehead atoms. The van der Waals surface area contributed by atoms with Crippen LogP contribution in [0, 0.1) is 5.92 Å². The van der Waals surface area contributed by atoms with E-state index in [-0.39, 0.29) is 18.4 Å². The smallest absolute Gasteiger partial charge is 0.228 e. The number of nitrogens with zero attached hydrogens (tertiary/aromatic N) is 2. The first-order valence-corrected chi connectivity index (χ1v) is 9.75. The number of nitrogens with one attached hydrogen (secondary N) is 1. The largest absolute Gasteiger partial charge is 0.326 e. The molecule has 1 aliphatic rings. The topological polar surface area (TPSA) is 79.4 Å². The van der Waals surface area contributed by atoms with E-state index in [0.717, 1.165) is 15.9 Å². The van der Waals surface area contributed by atoms with Crippen LogP contribution in [0.15, 0.2) is 23.7 Å². The van der Waals surface area contributed by atoms with Gasteiger partial charge in [-0.1, -0.05) is 0 Å². The summed E-state index contributed by atoms with van der Waals surface area (Å²) in [5.74, 6) is -0.433. The van der Waals surface area contributed by atoms with Crippen LogP contribution in [0.25, 0.3) is 10.2 Å². The molecule has 1 saturated heterocycles. The average Bonchev–Trinajstić information content (AvgIpc) is 2.94. The van der Waals surface area contributed by atoms with Gasteiger partial charge in [-0.05, 0) is 31.0 Å². The van der Waals surface area contributed by atoms with Crippen LogP contribution in [-0.4, -0.2) is 43.0 Å². The minimum atomic E-state index is -3.24. The van der Waals surface area contributed by atoms with Gasteiger partial charge < -0.3 is 5.32 Å². The molecule has 2 aromatic rings. The highest BCUT2D eigenvalue weighted by Crippen LogP contribution is 2.24. The summed E-state index contributed by atoms with van der Waals surface area (Å²) in [7, 11) is -3.24. The van der Waals surface area contributed by atoms with E-state index in [9.17, 15) is 13.2 Å². The number of rotatable bonds is 3. The van der Waals surface area contributed by atoms with E-state index in [1.807, 2.05) is 18.2 Å². The quantitative estimate of drug-likeness (QED) is 0.926. The molecule has 1 fully saturated rings. The minimum Gasteiger partial charge on any atom is -0.326 e. The second kappa shape index (κ2) is 5.94. The zero-order valence-electron chi connectivity index (χ0n) is 12.2. The molecule has 0 saturated carbocycles. The summed E-state index contributed by atoms with van der Waals surface area (Å²) in [5.41, 5.74) is 3.39. The summed E-state index contributed by atoms with van der Waals surface area (Å²) >= 11 is 1.52. The second-order valence-electron chi connectivity index (χ2n) is 5.48. The lowest BCUT2D eigenvalue weighted by Gasteiger charge is -2.30. The van der Waals surface area contributed by atoms with Gasteiger partial charge in [-0.3, -0.25) is 4.79 Å². The molecule has 3 rings (SSSR count). The molecular formula is C14H17N3O3S2. The maximum Gasteiger partial charge on any atom is 0.228 e. The van der Waals surface area contributed by atoms with Gasteiger partial charge in [0.1, 0.15) is 0 Å². The van der Waals surface area contributed by atoms with Gasteiger partial charge in [-0.2, -0.15) is 0 Å². The maximum absolute atomic E-state index is 12.4. The molecule has 1 atom stereocenters. The molecule has 1 amide bonds. The van der Waals surface area contributed by atoms with Crippen LogP contribution in [-0.2, 0) is 14.8 Å². The molecule has 22 heavy (non-hydrogen) atoms. The maximum atomic E-state index is 12.4. The van der Waals surface area contributed by atoms with Gasteiger partial charge in [-0.15, -0.1) is 11.3 Å². The molecular weight excluding hydrogens is 322 g/mol. The van der Waals surface area contributed by atoms with Crippen molar-refractivity contribution < 1.29 is 13.2 Å². The number of piperidine rings is 1. The highest BCUT2D eigenvalue weighted by molar-refractivity contribution is 7.88. The third-order valence-corrected chi connectivity index (χ3v) is 5.88. The van der Waals surface area contributed by atoms with Crippen molar-refractivity contribution in [2.75, 3.05) is 24.7 Å². The van der Waals surface area contributed by atoms with Crippen molar-refractivity contribution in [3.63, 3.8) is 0 Å². The number of hydrogen-bond acceptors (Lipinski definition) is 5. The van der Waals surface area contributed by atoms with Crippen LogP contribution in [0.4, 0.5) is 5.69 Å². The van der Waals surface area contributed by atoms with Gasteiger partial charge in [0.05, 0.1) is 27.9 Å². The summed E-state index contributed by atoms with van der Waals surface area (Å²) in [5, 5.41) is 2.88. The third-order valence-electron chi connectivity index (χ3n) is 3.82. The normalized spacial score (nSPS) is 20.1. The number of carbonyl (C=O) groups is 1. The van der Waals surface area contributed by atoms with E-state index in [1.165, 1.54) is 21.9 Å². The highest BCUT2D eigenvalue weighted by Gasteiger charge is 2.30. The van der Waals surface area contributed by atoms with Gasteiger partial charge in [-0.25, -0.2) is 17.7 Å². The van der Waals surface area contributed by atoms with Crippen LogP contribution in [0.5, 0.6) is 0 Å². The summed E-state index contributed by atoms with van der Waals surface area (Å²) < 4.78 is 25.6. The molecule has 1 aromatic carbocycles. The zero-order chi connectivity index (χ0) is 15.7. The molecule has 2 heterocycles. The van der Waals surface area contributed by atoms with Crippen LogP contribution in [0.2, 0.25) is 0 Å². The standard InChI is InChI=1S/C14H17N3O3S2/c1-22(19,20)17-6-2-3-10(8-17)14(18)16-11-4-5-12-13(7-11)21-9-15-12/h4-5,7,9-10H,2-3,6,8H2,1H3,(H,16,18)/t10-/m0/s1. The number of benzene rings is 1. The summed E-state index contributed by atoms with van der Waals surface area (Å²) in [6, 6.07) is 5.57. The van der Waals surface area contributed by atoms with Gasteiger partial charge in [0, 0.05) is 18.8 Å². The molecule has 0 unspecified atom stereocenters. The Morgan fingerprint density at radius 3 is 3.05 bits per heavy atom. The van der Waals surface area contributed by atoms with Crippen LogP contribution in [0.3, 0.4) is 0 Å². The van der Waals surface area contributed by atoms with Crippen LogP contribution >= 0.6 is 11.3 Å². The third kappa shape index (κ3) is 3.29. The number of anilines is 1. The number of sulfonamides is 1. The van der Waals surface area contributed by atoms with Gasteiger partial charge in [0.25, 0.3) is 0 Å². The first kappa shape index (κ1) is 15.4. The summed E-state index contributed by atoms with van der Waals surface area (Å²) in [6.45, 7) is 0.753. The van der Waals surface area contributed by atoms with Crippen LogP contribution < -0.4 is 5.32 Å². The fourth-order valence-electron chi connectivity index (χ4n) is 2.63. The van der Waals surface area contributed by atoms with E-state index < -0.39 is 10.0 Å². The Morgan fingerprint density at radius 2 is 2.27 bits per heavy atom. The van der Waals surface area contributed by atoms with E-state index >= 15 is 0 Å². The average molecular weight is 339 g/mol.